The summed E-state index contributed by atoms with van der Waals surface area (Å²) in [5.74, 6) is 0.401. The zero-order valence-electron chi connectivity index (χ0n) is 10.1. The first kappa shape index (κ1) is 12.9. The number of nitrogens with one attached hydrogen (secondary N) is 1. The van der Waals surface area contributed by atoms with Crippen LogP contribution in [0.3, 0.4) is 0 Å². The maximum absolute atomic E-state index is 10.0. The first-order valence-corrected chi connectivity index (χ1v) is 6.95. The molecule has 1 fully saturated rings. The Kier molecular flexibility index (Phi) is 4.42. The average molecular weight is 299 g/mol. The van der Waals surface area contributed by atoms with Gasteiger partial charge >= 0.3 is 0 Å². The van der Waals surface area contributed by atoms with Gasteiger partial charge in [-0.2, -0.15) is 0 Å². The second kappa shape index (κ2) is 5.85. The van der Waals surface area contributed by atoms with E-state index in [1.54, 1.807) is 6.07 Å². The lowest BCUT2D eigenvalue weighted by Gasteiger charge is -2.35. The molecule has 1 heterocycles. The van der Waals surface area contributed by atoms with Crippen LogP contribution in [0, 0.1) is 0 Å². The van der Waals surface area contributed by atoms with Gasteiger partial charge in [-0.25, -0.2) is 0 Å². The number of phenols is 1. The maximum atomic E-state index is 10.0. The molecule has 0 radical (unpaired) electrons. The summed E-state index contributed by atoms with van der Waals surface area (Å²) >= 11 is 3.48. The number of hydrogen-bond acceptors (Lipinski definition) is 3. The van der Waals surface area contributed by atoms with E-state index in [0.29, 0.717) is 11.8 Å². The van der Waals surface area contributed by atoms with Gasteiger partial charge in [-0.15, -0.1) is 0 Å². The minimum atomic E-state index is 0.314. The Morgan fingerprint density at radius 3 is 2.76 bits per heavy atom. The molecule has 17 heavy (non-hydrogen) atoms. The molecule has 0 saturated carbocycles. The molecule has 0 aliphatic carbocycles. The van der Waals surface area contributed by atoms with Gasteiger partial charge in [-0.1, -0.05) is 22.9 Å². The molecular formula is C13H19BrN2O. The smallest absolute Gasteiger partial charge is 0.120 e. The van der Waals surface area contributed by atoms with Crippen LogP contribution in [0.5, 0.6) is 5.75 Å². The van der Waals surface area contributed by atoms with Crippen molar-refractivity contribution in [1.82, 2.24) is 10.2 Å². The largest absolute Gasteiger partial charge is 0.508 e. The predicted molar refractivity (Wildman–Crippen MR) is 73.3 cm³/mol. The number of halogens is 1. The number of nitrogens with zero attached hydrogens (tertiary/aromatic N) is 1. The van der Waals surface area contributed by atoms with Crippen molar-refractivity contribution in [3.63, 3.8) is 0 Å². The summed E-state index contributed by atoms with van der Waals surface area (Å²) in [7, 11) is 0. The molecule has 0 spiro atoms. The number of benzene rings is 1. The lowest BCUT2D eigenvalue weighted by Crippen LogP contribution is -2.45. The summed E-state index contributed by atoms with van der Waals surface area (Å²) in [6.45, 7) is 6.33. The molecule has 4 heteroatoms. The Bertz CT molecular complexity index is 378. The van der Waals surface area contributed by atoms with Crippen LogP contribution in [0.15, 0.2) is 22.7 Å². The van der Waals surface area contributed by atoms with Crippen LogP contribution in [0.2, 0.25) is 0 Å². The van der Waals surface area contributed by atoms with Crippen molar-refractivity contribution in [1.29, 1.82) is 0 Å². The third kappa shape index (κ3) is 3.00. The van der Waals surface area contributed by atoms with Gasteiger partial charge in [0.15, 0.2) is 0 Å². The van der Waals surface area contributed by atoms with Crippen LogP contribution >= 0.6 is 15.9 Å². The van der Waals surface area contributed by atoms with Gasteiger partial charge in [0.05, 0.1) is 0 Å². The van der Waals surface area contributed by atoms with Crippen LogP contribution < -0.4 is 5.32 Å². The van der Waals surface area contributed by atoms with Gasteiger partial charge in [-0.05, 0) is 24.6 Å². The topological polar surface area (TPSA) is 35.5 Å². The Morgan fingerprint density at radius 1 is 1.41 bits per heavy atom. The second-order valence-corrected chi connectivity index (χ2v) is 5.33. The fourth-order valence-electron chi connectivity index (χ4n) is 2.46. The van der Waals surface area contributed by atoms with Crippen LogP contribution in [0.4, 0.5) is 0 Å². The van der Waals surface area contributed by atoms with E-state index in [1.165, 1.54) is 0 Å². The molecule has 1 aromatic rings. The van der Waals surface area contributed by atoms with Gasteiger partial charge in [0, 0.05) is 42.3 Å². The summed E-state index contributed by atoms with van der Waals surface area (Å²) in [6, 6.07) is 5.99. The Balaban J connectivity index is 2.24. The van der Waals surface area contributed by atoms with E-state index in [-0.39, 0.29) is 0 Å². The first-order chi connectivity index (χ1) is 8.22. The van der Waals surface area contributed by atoms with Crippen molar-refractivity contribution in [3.8, 4) is 5.75 Å². The van der Waals surface area contributed by atoms with E-state index in [0.717, 1.165) is 42.6 Å². The molecule has 1 atom stereocenters. The zero-order valence-corrected chi connectivity index (χ0v) is 11.7. The number of phenolic OH excluding ortho intramolecular Hbond substituents is 1. The van der Waals surface area contributed by atoms with Crippen LogP contribution in [-0.2, 0) is 0 Å². The van der Waals surface area contributed by atoms with Gasteiger partial charge in [-0.3, -0.25) is 4.90 Å². The molecule has 0 bridgehead atoms. The van der Waals surface area contributed by atoms with Gasteiger partial charge in [0.1, 0.15) is 5.75 Å². The fourth-order valence-corrected chi connectivity index (χ4v) is 2.84. The molecule has 0 unspecified atom stereocenters. The molecule has 3 nitrogen and oxygen atoms in total. The molecule has 1 aromatic carbocycles. The van der Waals surface area contributed by atoms with Crippen LogP contribution in [0.25, 0.3) is 0 Å². The molecule has 1 aliphatic rings. The first-order valence-electron chi connectivity index (χ1n) is 6.15. The summed E-state index contributed by atoms with van der Waals surface area (Å²) in [4.78, 5) is 2.44. The monoisotopic (exact) mass is 298 g/mol. The summed E-state index contributed by atoms with van der Waals surface area (Å²) < 4.78 is 1.03. The Morgan fingerprint density at radius 2 is 2.12 bits per heavy atom. The van der Waals surface area contributed by atoms with Crippen molar-refractivity contribution in [2.45, 2.75) is 19.4 Å². The third-order valence-electron chi connectivity index (χ3n) is 3.33. The molecule has 0 aromatic heterocycles. The van der Waals surface area contributed by atoms with Gasteiger partial charge < -0.3 is 10.4 Å². The van der Waals surface area contributed by atoms with Crippen molar-refractivity contribution in [3.05, 3.63) is 28.2 Å². The van der Waals surface area contributed by atoms with E-state index < -0.39 is 0 Å². The number of aromatic hydroxyl groups is 1. The molecule has 0 amide bonds. The molecule has 1 saturated heterocycles. The Hall–Kier alpha value is -0.580. The van der Waals surface area contributed by atoms with Crippen molar-refractivity contribution in [2.24, 2.45) is 0 Å². The SMILES string of the molecule is CC[C@@H](c1cc(Br)ccc1O)N1CCNCC1. The van der Waals surface area contributed by atoms with Crippen LogP contribution in [0.1, 0.15) is 24.9 Å². The number of hydrogen-bond donors (Lipinski definition) is 2. The highest BCUT2D eigenvalue weighted by Gasteiger charge is 2.22. The summed E-state index contributed by atoms with van der Waals surface area (Å²) in [6.07, 6.45) is 1.02. The zero-order chi connectivity index (χ0) is 12.3. The van der Waals surface area contributed by atoms with E-state index in [4.69, 9.17) is 0 Å². The predicted octanol–water partition coefficient (Wildman–Crippen LogP) is 2.51. The van der Waals surface area contributed by atoms with Crippen LogP contribution in [-0.4, -0.2) is 36.2 Å². The second-order valence-electron chi connectivity index (χ2n) is 4.41. The van der Waals surface area contributed by atoms with Crippen molar-refractivity contribution in [2.75, 3.05) is 26.2 Å². The standard InChI is InChI=1S/C13H19BrN2O/c1-2-12(16-7-5-15-6-8-16)11-9-10(14)3-4-13(11)17/h3-4,9,12,15,17H,2,5-8H2,1H3/t12-/m0/s1. The van der Waals surface area contributed by atoms with E-state index in [2.05, 4.69) is 33.1 Å². The minimum Gasteiger partial charge on any atom is -0.508 e. The van der Waals surface area contributed by atoms with Gasteiger partial charge in [0.2, 0.25) is 0 Å². The highest BCUT2D eigenvalue weighted by molar-refractivity contribution is 9.10. The van der Waals surface area contributed by atoms with E-state index in [9.17, 15) is 5.11 Å². The van der Waals surface area contributed by atoms with Crippen molar-refractivity contribution >= 4 is 15.9 Å². The van der Waals surface area contributed by atoms with E-state index in [1.807, 2.05) is 12.1 Å². The molecular weight excluding hydrogens is 280 g/mol. The molecule has 94 valence electrons. The minimum absolute atomic E-state index is 0.314. The summed E-state index contributed by atoms with van der Waals surface area (Å²) in [5.41, 5.74) is 1.03. The summed E-state index contributed by atoms with van der Waals surface area (Å²) in [5, 5.41) is 13.4. The normalized spacial score (nSPS) is 19.2. The lowest BCUT2D eigenvalue weighted by atomic mass is 10.0. The number of piperazine rings is 1. The fraction of sp³-hybridized carbons (Fsp3) is 0.538. The molecule has 2 N–H and O–H groups in total. The van der Waals surface area contributed by atoms with E-state index >= 15 is 0 Å². The molecule has 2 rings (SSSR count). The Labute approximate surface area is 111 Å². The van der Waals surface area contributed by atoms with Crippen molar-refractivity contribution < 1.29 is 5.11 Å². The van der Waals surface area contributed by atoms with Gasteiger partial charge in [0.25, 0.3) is 0 Å². The average Bonchev–Trinajstić information content (AvgIpc) is 2.36. The maximum Gasteiger partial charge on any atom is 0.120 e. The molecule has 1 aliphatic heterocycles. The quantitative estimate of drug-likeness (QED) is 0.900. The number of rotatable bonds is 3. The highest BCUT2D eigenvalue weighted by Crippen LogP contribution is 2.33. The lowest BCUT2D eigenvalue weighted by molar-refractivity contribution is 0.167. The third-order valence-corrected chi connectivity index (χ3v) is 3.82. The highest BCUT2D eigenvalue weighted by atomic mass is 79.9.